The quantitative estimate of drug-likeness (QED) is 0.761. The average molecular weight is 237 g/mol. The number of nitrogens with zero attached hydrogens (tertiary/aromatic N) is 3. The summed E-state index contributed by atoms with van der Waals surface area (Å²) in [4.78, 5) is 24.5. The predicted molar refractivity (Wildman–Crippen MR) is 59.0 cm³/mol. The summed E-state index contributed by atoms with van der Waals surface area (Å²) in [5, 5.41) is 13.0. The van der Waals surface area contributed by atoms with E-state index in [-0.39, 0.29) is 5.91 Å². The fraction of sp³-hybridized carbons (Fsp3) is 0.545. The van der Waals surface area contributed by atoms with Gasteiger partial charge in [-0.05, 0) is 12.8 Å². The first kappa shape index (κ1) is 11.6. The van der Waals surface area contributed by atoms with Gasteiger partial charge in [0.2, 0.25) is 5.91 Å². The third-order valence-electron chi connectivity index (χ3n) is 3.09. The molecule has 1 aliphatic carbocycles. The summed E-state index contributed by atoms with van der Waals surface area (Å²) < 4.78 is 1.65. The van der Waals surface area contributed by atoms with Gasteiger partial charge in [-0.2, -0.15) is 5.10 Å². The van der Waals surface area contributed by atoms with Crippen LogP contribution in [0, 0.1) is 5.41 Å². The molecule has 0 saturated heterocycles. The summed E-state index contributed by atoms with van der Waals surface area (Å²) in [6, 6.07) is 0. The third kappa shape index (κ3) is 2.02. The van der Waals surface area contributed by atoms with Gasteiger partial charge in [0.1, 0.15) is 5.41 Å². The molecule has 0 atom stereocenters. The molecule has 1 amide bonds. The normalized spacial score (nSPS) is 16.6. The van der Waals surface area contributed by atoms with Gasteiger partial charge < -0.3 is 10.0 Å². The van der Waals surface area contributed by atoms with Gasteiger partial charge in [-0.3, -0.25) is 14.3 Å². The monoisotopic (exact) mass is 237 g/mol. The molecule has 1 fully saturated rings. The first-order chi connectivity index (χ1) is 7.95. The number of carboxylic acids is 1. The Kier molecular flexibility index (Phi) is 2.65. The van der Waals surface area contributed by atoms with E-state index < -0.39 is 11.4 Å². The number of aliphatic carboxylic acids is 1. The number of hydrogen-bond acceptors (Lipinski definition) is 3. The number of carbonyl (C=O) groups is 2. The fourth-order valence-electron chi connectivity index (χ4n) is 1.91. The van der Waals surface area contributed by atoms with Crippen molar-refractivity contribution < 1.29 is 14.7 Å². The maximum absolute atomic E-state index is 12.0. The summed E-state index contributed by atoms with van der Waals surface area (Å²) in [5.74, 6) is -1.32. The molecule has 1 aliphatic rings. The van der Waals surface area contributed by atoms with Gasteiger partial charge >= 0.3 is 5.97 Å². The van der Waals surface area contributed by atoms with Gasteiger partial charge in [-0.15, -0.1) is 0 Å². The van der Waals surface area contributed by atoms with E-state index >= 15 is 0 Å². The molecule has 92 valence electrons. The van der Waals surface area contributed by atoms with Gasteiger partial charge in [-0.1, -0.05) is 0 Å². The van der Waals surface area contributed by atoms with E-state index in [9.17, 15) is 9.59 Å². The van der Waals surface area contributed by atoms with E-state index in [1.165, 1.54) is 4.90 Å². The van der Waals surface area contributed by atoms with E-state index in [2.05, 4.69) is 5.10 Å². The van der Waals surface area contributed by atoms with Crippen molar-refractivity contribution in [3.8, 4) is 0 Å². The van der Waals surface area contributed by atoms with Crippen LogP contribution in [0.2, 0.25) is 0 Å². The zero-order valence-corrected chi connectivity index (χ0v) is 9.88. The van der Waals surface area contributed by atoms with E-state index in [4.69, 9.17) is 5.11 Å². The van der Waals surface area contributed by atoms with Crippen LogP contribution >= 0.6 is 0 Å². The molecule has 1 heterocycles. The van der Waals surface area contributed by atoms with Crippen LogP contribution in [-0.2, 0) is 23.2 Å². The van der Waals surface area contributed by atoms with Crippen molar-refractivity contribution >= 4 is 11.9 Å². The topological polar surface area (TPSA) is 75.4 Å². The molecule has 0 spiro atoms. The average Bonchev–Trinajstić information content (AvgIpc) is 2.98. The number of aromatic nitrogens is 2. The summed E-state index contributed by atoms with van der Waals surface area (Å²) in [7, 11) is 3.42. The molecule has 2 rings (SSSR count). The molecular weight excluding hydrogens is 222 g/mol. The van der Waals surface area contributed by atoms with Crippen molar-refractivity contribution in [1.82, 2.24) is 14.7 Å². The van der Waals surface area contributed by atoms with Gasteiger partial charge in [0, 0.05) is 32.4 Å². The smallest absolute Gasteiger partial charge is 0.319 e. The van der Waals surface area contributed by atoms with Crippen LogP contribution < -0.4 is 0 Å². The molecule has 1 aromatic heterocycles. The van der Waals surface area contributed by atoms with Crippen LogP contribution in [-0.4, -0.2) is 38.7 Å². The highest BCUT2D eigenvalue weighted by atomic mass is 16.4. The highest BCUT2D eigenvalue weighted by Gasteiger charge is 2.58. The highest BCUT2D eigenvalue weighted by molar-refractivity contribution is 6.04. The number of carbonyl (C=O) groups excluding carboxylic acids is 1. The lowest BCUT2D eigenvalue weighted by Crippen LogP contribution is -2.38. The number of amides is 1. The highest BCUT2D eigenvalue weighted by Crippen LogP contribution is 2.47. The van der Waals surface area contributed by atoms with Crippen LogP contribution in [0.4, 0.5) is 0 Å². The minimum atomic E-state index is -1.16. The molecule has 6 nitrogen and oxygen atoms in total. The second-order valence-electron chi connectivity index (χ2n) is 4.57. The molecule has 1 N–H and O–H groups in total. The van der Waals surface area contributed by atoms with E-state index in [0.29, 0.717) is 19.4 Å². The minimum Gasteiger partial charge on any atom is -0.480 e. The maximum Gasteiger partial charge on any atom is 0.319 e. The summed E-state index contributed by atoms with van der Waals surface area (Å²) in [6.45, 7) is 0.391. The fourth-order valence-corrected chi connectivity index (χ4v) is 1.91. The SMILES string of the molecule is CN(Cc1cnn(C)c1)C(=O)C1(C(=O)O)CC1. The number of hydrogen-bond donors (Lipinski definition) is 1. The lowest BCUT2D eigenvalue weighted by Gasteiger charge is -2.20. The summed E-state index contributed by atoms with van der Waals surface area (Å²) >= 11 is 0. The Labute approximate surface area is 98.8 Å². The van der Waals surface area contributed by atoms with Crippen molar-refractivity contribution in [3.63, 3.8) is 0 Å². The second-order valence-corrected chi connectivity index (χ2v) is 4.57. The predicted octanol–water partition coefficient (Wildman–Crippen LogP) is 0.243. The molecule has 6 heteroatoms. The molecule has 1 aromatic rings. The van der Waals surface area contributed by atoms with Crippen molar-refractivity contribution in [3.05, 3.63) is 18.0 Å². The van der Waals surface area contributed by atoms with Crippen molar-refractivity contribution in [1.29, 1.82) is 0 Å². The van der Waals surface area contributed by atoms with Crippen LogP contribution in [0.25, 0.3) is 0 Å². The Morgan fingerprint density at radius 2 is 2.24 bits per heavy atom. The largest absolute Gasteiger partial charge is 0.480 e. The lowest BCUT2D eigenvalue weighted by atomic mass is 10.1. The van der Waals surface area contributed by atoms with Crippen molar-refractivity contribution in [2.45, 2.75) is 19.4 Å². The Balaban J connectivity index is 2.03. The zero-order chi connectivity index (χ0) is 12.6. The minimum absolute atomic E-state index is 0.311. The Morgan fingerprint density at radius 3 is 2.65 bits per heavy atom. The molecule has 1 saturated carbocycles. The first-order valence-corrected chi connectivity index (χ1v) is 5.42. The maximum atomic E-state index is 12.0. The number of rotatable bonds is 4. The van der Waals surface area contributed by atoms with Crippen LogP contribution in [0.1, 0.15) is 18.4 Å². The lowest BCUT2D eigenvalue weighted by molar-refractivity contribution is -0.153. The van der Waals surface area contributed by atoms with Gasteiger partial charge in [0.15, 0.2) is 0 Å². The zero-order valence-electron chi connectivity index (χ0n) is 9.88. The third-order valence-corrected chi connectivity index (χ3v) is 3.09. The number of aryl methyl sites for hydroxylation is 1. The molecular formula is C11H15N3O3. The summed E-state index contributed by atoms with van der Waals surface area (Å²) in [5.41, 5.74) is -0.263. The Morgan fingerprint density at radius 1 is 1.59 bits per heavy atom. The summed E-state index contributed by atoms with van der Waals surface area (Å²) in [6.07, 6.45) is 4.37. The number of carboxylic acid groups (broad SMARTS) is 1. The Bertz CT molecular complexity index is 462. The molecule has 0 radical (unpaired) electrons. The van der Waals surface area contributed by atoms with Crippen LogP contribution in [0.3, 0.4) is 0 Å². The molecule has 0 unspecified atom stereocenters. The van der Waals surface area contributed by atoms with Crippen molar-refractivity contribution in [2.24, 2.45) is 12.5 Å². The Hall–Kier alpha value is -1.85. The van der Waals surface area contributed by atoms with Crippen LogP contribution in [0.15, 0.2) is 12.4 Å². The molecule has 0 aromatic carbocycles. The molecule has 0 aliphatic heterocycles. The van der Waals surface area contributed by atoms with Gasteiger partial charge in [0.25, 0.3) is 0 Å². The van der Waals surface area contributed by atoms with Crippen molar-refractivity contribution in [2.75, 3.05) is 7.05 Å². The second kappa shape index (κ2) is 3.87. The van der Waals surface area contributed by atoms with E-state index in [1.54, 1.807) is 25.0 Å². The first-order valence-electron chi connectivity index (χ1n) is 5.42. The standard InChI is InChI=1S/C11H15N3O3/c1-13(6-8-5-12-14(2)7-8)9(15)11(3-4-11)10(16)17/h5,7H,3-4,6H2,1-2H3,(H,16,17). The van der Waals surface area contributed by atoms with Gasteiger partial charge in [-0.25, -0.2) is 0 Å². The molecule has 0 bridgehead atoms. The van der Waals surface area contributed by atoms with Crippen LogP contribution in [0.5, 0.6) is 0 Å². The van der Waals surface area contributed by atoms with Gasteiger partial charge in [0.05, 0.1) is 6.20 Å². The molecule has 17 heavy (non-hydrogen) atoms. The van der Waals surface area contributed by atoms with E-state index in [1.807, 2.05) is 6.20 Å². The van der Waals surface area contributed by atoms with E-state index in [0.717, 1.165) is 5.56 Å².